The van der Waals surface area contributed by atoms with Crippen LogP contribution in [0, 0.1) is 12.7 Å². The number of anilines is 2. The number of nitrogens with one attached hydrogen (secondary N) is 1. The Morgan fingerprint density at radius 3 is 2.80 bits per heavy atom. The van der Waals surface area contributed by atoms with Gasteiger partial charge in [0.25, 0.3) is 0 Å². The van der Waals surface area contributed by atoms with Crippen molar-refractivity contribution in [1.29, 1.82) is 0 Å². The lowest BCUT2D eigenvalue weighted by Gasteiger charge is -2.09. The molecular formula is C15H11BrFN3. The van der Waals surface area contributed by atoms with Crippen LogP contribution in [0.15, 0.2) is 47.2 Å². The van der Waals surface area contributed by atoms with Gasteiger partial charge in [-0.25, -0.2) is 4.39 Å². The van der Waals surface area contributed by atoms with Crippen molar-refractivity contribution in [2.45, 2.75) is 6.92 Å². The number of rotatable bonds is 2. The Morgan fingerprint density at radius 2 is 2.00 bits per heavy atom. The first kappa shape index (κ1) is 13.0. The highest BCUT2D eigenvalue weighted by atomic mass is 79.9. The highest BCUT2D eigenvalue weighted by Gasteiger charge is 2.05. The molecule has 0 unspecified atom stereocenters. The number of halogens is 2. The Hall–Kier alpha value is -2.01. The molecule has 100 valence electrons. The fourth-order valence-corrected chi connectivity index (χ4v) is 2.39. The molecule has 2 heterocycles. The molecule has 0 atom stereocenters. The second-order valence-corrected chi connectivity index (χ2v) is 5.44. The maximum Gasteiger partial charge on any atom is 0.125 e. The second-order valence-electron chi connectivity index (χ2n) is 4.52. The van der Waals surface area contributed by atoms with Gasteiger partial charge >= 0.3 is 0 Å². The van der Waals surface area contributed by atoms with Gasteiger partial charge in [-0.2, -0.15) is 0 Å². The molecule has 0 bridgehead atoms. The van der Waals surface area contributed by atoms with Gasteiger partial charge in [-0.15, -0.1) is 0 Å². The van der Waals surface area contributed by atoms with Gasteiger partial charge in [0.1, 0.15) is 11.3 Å². The molecule has 0 aliphatic rings. The third kappa shape index (κ3) is 2.63. The minimum Gasteiger partial charge on any atom is -0.354 e. The van der Waals surface area contributed by atoms with Gasteiger partial charge in [-0.05, 0) is 58.7 Å². The predicted molar refractivity (Wildman–Crippen MR) is 81.7 cm³/mol. The summed E-state index contributed by atoms with van der Waals surface area (Å²) in [5.41, 5.74) is 3.88. The summed E-state index contributed by atoms with van der Waals surface area (Å²) < 4.78 is 14.3. The lowest BCUT2D eigenvalue weighted by Crippen LogP contribution is -1.95. The standard InChI is InChI=1S/C15H11BrFN3/c1-9-4-11(17)7-12(5-9)20-13-2-3-18-14-6-10(16)8-19-15(13)14/h2-8H,1H3,(H,18,20). The van der Waals surface area contributed by atoms with Gasteiger partial charge in [0.15, 0.2) is 0 Å². The van der Waals surface area contributed by atoms with E-state index in [9.17, 15) is 4.39 Å². The van der Waals surface area contributed by atoms with E-state index in [1.807, 2.05) is 25.1 Å². The Balaban J connectivity index is 2.06. The number of benzene rings is 1. The van der Waals surface area contributed by atoms with Crippen molar-refractivity contribution in [3.05, 3.63) is 58.6 Å². The van der Waals surface area contributed by atoms with Crippen molar-refractivity contribution >= 4 is 38.3 Å². The normalized spacial score (nSPS) is 10.8. The van der Waals surface area contributed by atoms with Gasteiger partial charge in [-0.1, -0.05) is 0 Å². The van der Waals surface area contributed by atoms with Gasteiger partial charge in [0.05, 0.1) is 11.2 Å². The van der Waals surface area contributed by atoms with Gasteiger partial charge in [-0.3, -0.25) is 9.97 Å². The molecule has 0 saturated heterocycles. The Kier molecular flexibility index (Phi) is 3.36. The average Bonchev–Trinajstić information content (AvgIpc) is 2.37. The average molecular weight is 332 g/mol. The van der Waals surface area contributed by atoms with E-state index in [4.69, 9.17) is 0 Å². The number of fused-ring (bicyclic) bond motifs is 1. The van der Waals surface area contributed by atoms with Crippen molar-refractivity contribution in [3.8, 4) is 0 Å². The van der Waals surface area contributed by atoms with E-state index in [1.165, 1.54) is 12.1 Å². The molecule has 3 rings (SSSR count). The van der Waals surface area contributed by atoms with Crippen molar-refractivity contribution < 1.29 is 4.39 Å². The van der Waals surface area contributed by atoms with Gasteiger partial charge in [0, 0.05) is 22.6 Å². The molecule has 0 fully saturated rings. The zero-order valence-electron chi connectivity index (χ0n) is 10.7. The Bertz CT molecular complexity index is 769. The van der Waals surface area contributed by atoms with Crippen LogP contribution >= 0.6 is 15.9 Å². The van der Waals surface area contributed by atoms with Crippen molar-refractivity contribution in [1.82, 2.24) is 9.97 Å². The van der Waals surface area contributed by atoms with Crippen LogP contribution in [-0.2, 0) is 0 Å². The summed E-state index contributed by atoms with van der Waals surface area (Å²) in [6.45, 7) is 1.86. The second kappa shape index (κ2) is 5.17. The van der Waals surface area contributed by atoms with Crippen LogP contribution in [0.4, 0.5) is 15.8 Å². The zero-order chi connectivity index (χ0) is 14.1. The van der Waals surface area contributed by atoms with Crippen LogP contribution in [0.3, 0.4) is 0 Å². The predicted octanol–water partition coefficient (Wildman–Crippen LogP) is 4.58. The van der Waals surface area contributed by atoms with E-state index in [1.54, 1.807) is 12.4 Å². The minimum atomic E-state index is -0.262. The molecule has 0 radical (unpaired) electrons. The molecular weight excluding hydrogens is 321 g/mol. The molecule has 20 heavy (non-hydrogen) atoms. The van der Waals surface area contributed by atoms with Crippen molar-refractivity contribution in [3.63, 3.8) is 0 Å². The number of aryl methyl sites for hydroxylation is 1. The summed E-state index contributed by atoms with van der Waals surface area (Å²) >= 11 is 3.37. The minimum absolute atomic E-state index is 0.262. The maximum absolute atomic E-state index is 13.4. The van der Waals surface area contributed by atoms with Crippen LogP contribution in [0.2, 0.25) is 0 Å². The molecule has 0 amide bonds. The number of pyridine rings is 2. The number of aromatic nitrogens is 2. The number of hydrogen-bond donors (Lipinski definition) is 1. The quantitative estimate of drug-likeness (QED) is 0.746. The molecule has 2 aromatic heterocycles. The molecule has 1 N–H and O–H groups in total. The SMILES string of the molecule is Cc1cc(F)cc(Nc2ccnc3cc(Br)cnc23)c1. The molecule has 0 saturated carbocycles. The summed E-state index contributed by atoms with van der Waals surface area (Å²) in [5, 5.41) is 3.19. The van der Waals surface area contributed by atoms with E-state index in [0.717, 1.165) is 26.8 Å². The third-order valence-electron chi connectivity index (χ3n) is 2.87. The van der Waals surface area contributed by atoms with E-state index in [0.29, 0.717) is 5.69 Å². The zero-order valence-corrected chi connectivity index (χ0v) is 12.3. The van der Waals surface area contributed by atoms with Crippen LogP contribution in [0.5, 0.6) is 0 Å². The number of hydrogen-bond acceptors (Lipinski definition) is 3. The van der Waals surface area contributed by atoms with Crippen molar-refractivity contribution in [2.75, 3.05) is 5.32 Å². The van der Waals surface area contributed by atoms with Crippen LogP contribution in [0.25, 0.3) is 11.0 Å². The molecule has 3 aromatic rings. The van der Waals surface area contributed by atoms with E-state index < -0.39 is 0 Å². The molecule has 0 spiro atoms. The first-order valence-electron chi connectivity index (χ1n) is 6.06. The molecule has 0 aliphatic heterocycles. The number of nitrogens with zero attached hydrogens (tertiary/aromatic N) is 2. The Morgan fingerprint density at radius 1 is 1.15 bits per heavy atom. The molecule has 0 aliphatic carbocycles. The maximum atomic E-state index is 13.4. The fourth-order valence-electron chi connectivity index (χ4n) is 2.07. The summed E-state index contributed by atoms with van der Waals surface area (Å²) in [4.78, 5) is 8.63. The van der Waals surface area contributed by atoms with E-state index in [-0.39, 0.29) is 5.82 Å². The third-order valence-corrected chi connectivity index (χ3v) is 3.30. The fraction of sp³-hybridized carbons (Fsp3) is 0.0667. The van der Waals surface area contributed by atoms with Crippen molar-refractivity contribution in [2.24, 2.45) is 0 Å². The smallest absolute Gasteiger partial charge is 0.125 e. The molecule has 5 heteroatoms. The van der Waals surface area contributed by atoms with Gasteiger partial charge in [0.2, 0.25) is 0 Å². The first-order chi connectivity index (χ1) is 9.61. The summed E-state index contributed by atoms with van der Waals surface area (Å²) in [5.74, 6) is -0.262. The topological polar surface area (TPSA) is 37.8 Å². The lowest BCUT2D eigenvalue weighted by atomic mass is 10.2. The van der Waals surface area contributed by atoms with Gasteiger partial charge < -0.3 is 5.32 Å². The van der Waals surface area contributed by atoms with Crippen LogP contribution in [-0.4, -0.2) is 9.97 Å². The monoisotopic (exact) mass is 331 g/mol. The van der Waals surface area contributed by atoms with Crippen LogP contribution in [0.1, 0.15) is 5.56 Å². The lowest BCUT2D eigenvalue weighted by molar-refractivity contribution is 0.627. The van der Waals surface area contributed by atoms with E-state index >= 15 is 0 Å². The summed E-state index contributed by atoms with van der Waals surface area (Å²) in [6.07, 6.45) is 3.41. The molecule has 3 nitrogen and oxygen atoms in total. The summed E-state index contributed by atoms with van der Waals surface area (Å²) in [7, 11) is 0. The molecule has 1 aromatic carbocycles. The van der Waals surface area contributed by atoms with Crippen LogP contribution < -0.4 is 5.32 Å². The highest BCUT2D eigenvalue weighted by Crippen LogP contribution is 2.26. The Labute approximate surface area is 124 Å². The van der Waals surface area contributed by atoms with E-state index in [2.05, 4.69) is 31.2 Å². The largest absolute Gasteiger partial charge is 0.354 e. The summed E-state index contributed by atoms with van der Waals surface area (Å²) in [6, 6.07) is 8.55. The highest BCUT2D eigenvalue weighted by molar-refractivity contribution is 9.10. The first-order valence-corrected chi connectivity index (χ1v) is 6.85.